The van der Waals surface area contributed by atoms with E-state index >= 15 is 0 Å². The van der Waals surface area contributed by atoms with Crippen LogP contribution < -0.4 is 0 Å². The van der Waals surface area contributed by atoms with Gasteiger partial charge in [-0.15, -0.1) is 20.4 Å². The molecule has 2 aromatic heterocycles. The van der Waals surface area contributed by atoms with E-state index in [2.05, 4.69) is 20.4 Å². The SMILES string of the molecule is Cn1c(SCc2nnc(-c3ccccc3)o2)nnc1[C@H](O)c1ccccc1. The van der Waals surface area contributed by atoms with E-state index < -0.39 is 6.10 Å². The van der Waals surface area contributed by atoms with E-state index in [0.29, 0.717) is 28.5 Å². The van der Waals surface area contributed by atoms with Crippen LogP contribution in [0.5, 0.6) is 0 Å². The van der Waals surface area contributed by atoms with Gasteiger partial charge in [-0.2, -0.15) is 0 Å². The first kappa shape index (κ1) is 17.4. The molecule has 1 atom stereocenters. The molecule has 1 N–H and O–H groups in total. The van der Waals surface area contributed by atoms with Gasteiger partial charge in [-0.25, -0.2) is 0 Å². The second kappa shape index (κ2) is 7.73. The standard InChI is InChI=1S/C19H17N5O2S/c1-24-17(16(25)13-8-4-2-5-9-13)21-23-19(24)27-12-15-20-22-18(26-15)14-10-6-3-7-11-14/h2-11,16,25H,12H2,1H3/t16-/m1/s1. The fraction of sp³-hybridized carbons (Fsp3) is 0.158. The maximum Gasteiger partial charge on any atom is 0.247 e. The van der Waals surface area contributed by atoms with Gasteiger partial charge in [0.25, 0.3) is 0 Å². The Balaban J connectivity index is 1.45. The van der Waals surface area contributed by atoms with Gasteiger partial charge in [0.05, 0.1) is 5.75 Å². The monoisotopic (exact) mass is 379 g/mol. The van der Waals surface area contributed by atoms with Crippen LogP contribution in [0.25, 0.3) is 11.5 Å². The first-order chi connectivity index (χ1) is 13.2. The summed E-state index contributed by atoms with van der Waals surface area (Å²) in [5.41, 5.74) is 1.65. The molecule has 4 rings (SSSR count). The lowest BCUT2D eigenvalue weighted by atomic mass is 10.1. The molecule has 0 aliphatic rings. The molecule has 2 aromatic carbocycles. The number of aliphatic hydroxyl groups is 1. The van der Waals surface area contributed by atoms with Crippen LogP contribution in [0.3, 0.4) is 0 Å². The number of benzene rings is 2. The average Bonchev–Trinajstić information content (AvgIpc) is 3.34. The molecule has 0 saturated heterocycles. The van der Waals surface area contributed by atoms with E-state index in [0.717, 1.165) is 11.1 Å². The molecule has 0 radical (unpaired) electrons. The highest BCUT2D eigenvalue weighted by molar-refractivity contribution is 7.98. The molecule has 0 aliphatic heterocycles. The van der Waals surface area contributed by atoms with Crippen LogP contribution in [0.15, 0.2) is 70.2 Å². The van der Waals surface area contributed by atoms with E-state index in [1.165, 1.54) is 11.8 Å². The summed E-state index contributed by atoms with van der Waals surface area (Å²) in [5, 5.41) is 27.7. The molecule has 0 saturated carbocycles. The van der Waals surface area contributed by atoms with Crippen LogP contribution in [0.4, 0.5) is 0 Å². The summed E-state index contributed by atoms with van der Waals surface area (Å²) in [5.74, 6) is 1.95. The smallest absolute Gasteiger partial charge is 0.247 e. The normalized spacial score (nSPS) is 12.2. The lowest BCUT2D eigenvalue weighted by Gasteiger charge is -2.10. The molecule has 0 amide bonds. The third-order valence-electron chi connectivity index (χ3n) is 4.04. The molecule has 0 unspecified atom stereocenters. The zero-order valence-electron chi connectivity index (χ0n) is 14.6. The maximum absolute atomic E-state index is 10.5. The van der Waals surface area contributed by atoms with Crippen molar-refractivity contribution in [3.8, 4) is 11.5 Å². The van der Waals surface area contributed by atoms with Crippen LogP contribution in [-0.2, 0) is 12.8 Å². The highest BCUT2D eigenvalue weighted by atomic mass is 32.2. The first-order valence-corrected chi connectivity index (χ1v) is 9.34. The minimum absolute atomic E-state index is 0.466. The predicted molar refractivity (Wildman–Crippen MR) is 101 cm³/mol. The molecule has 7 nitrogen and oxygen atoms in total. The van der Waals surface area contributed by atoms with E-state index in [1.807, 2.05) is 67.7 Å². The second-order valence-corrected chi connectivity index (χ2v) is 6.81. The Labute approximate surface area is 160 Å². The molecule has 136 valence electrons. The minimum Gasteiger partial charge on any atom is -0.420 e. The Kier molecular flexibility index (Phi) is 4.99. The fourth-order valence-corrected chi connectivity index (χ4v) is 3.36. The maximum atomic E-state index is 10.5. The van der Waals surface area contributed by atoms with Crippen molar-refractivity contribution >= 4 is 11.8 Å². The largest absolute Gasteiger partial charge is 0.420 e. The Morgan fingerprint density at radius 2 is 1.67 bits per heavy atom. The van der Waals surface area contributed by atoms with Crippen molar-refractivity contribution in [2.45, 2.75) is 17.0 Å². The highest BCUT2D eigenvalue weighted by Gasteiger charge is 2.19. The fourth-order valence-electron chi connectivity index (χ4n) is 2.61. The first-order valence-electron chi connectivity index (χ1n) is 8.35. The van der Waals surface area contributed by atoms with Gasteiger partial charge >= 0.3 is 0 Å². The Hall–Kier alpha value is -2.97. The Morgan fingerprint density at radius 1 is 0.963 bits per heavy atom. The third kappa shape index (κ3) is 3.76. The van der Waals surface area contributed by atoms with Gasteiger partial charge in [0, 0.05) is 12.6 Å². The van der Waals surface area contributed by atoms with Gasteiger partial charge < -0.3 is 14.1 Å². The highest BCUT2D eigenvalue weighted by Crippen LogP contribution is 2.26. The van der Waals surface area contributed by atoms with Crippen molar-refractivity contribution < 1.29 is 9.52 Å². The van der Waals surface area contributed by atoms with Gasteiger partial charge in [-0.3, -0.25) is 0 Å². The van der Waals surface area contributed by atoms with Crippen molar-refractivity contribution in [1.29, 1.82) is 0 Å². The number of aromatic nitrogens is 5. The Morgan fingerprint density at radius 3 is 2.41 bits per heavy atom. The number of thioether (sulfide) groups is 1. The number of hydrogen-bond acceptors (Lipinski definition) is 7. The summed E-state index contributed by atoms with van der Waals surface area (Å²) in [4.78, 5) is 0. The van der Waals surface area contributed by atoms with Crippen molar-refractivity contribution in [1.82, 2.24) is 25.0 Å². The molecular weight excluding hydrogens is 362 g/mol. The molecule has 0 aliphatic carbocycles. The third-order valence-corrected chi connectivity index (χ3v) is 5.05. The number of nitrogens with zero attached hydrogens (tertiary/aromatic N) is 5. The molecular formula is C19H17N5O2S. The van der Waals surface area contributed by atoms with Crippen LogP contribution in [0, 0.1) is 0 Å². The van der Waals surface area contributed by atoms with E-state index in [1.54, 1.807) is 4.57 Å². The van der Waals surface area contributed by atoms with Crippen molar-refractivity contribution in [2.24, 2.45) is 7.05 Å². The van der Waals surface area contributed by atoms with E-state index in [-0.39, 0.29) is 0 Å². The van der Waals surface area contributed by atoms with Crippen LogP contribution in [-0.4, -0.2) is 30.1 Å². The molecule has 4 aromatic rings. The topological polar surface area (TPSA) is 89.9 Å². The van der Waals surface area contributed by atoms with Gasteiger partial charge in [0.15, 0.2) is 11.0 Å². The van der Waals surface area contributed by atoms with Gasteiger partial charge in [-0.1, -0.05) is 60.3 Å². The van der Waals surface area contributed by atoms with E-state index in [9.17, 15) is 5.11 Å². The number of hydrogen-bond donors (Lipinski definition) is 1. The Bertz CT molecular complexity index is 1020. The van der Waals surface area contributed by atoms with Crippen molar-refractivity contribution in [2.75, 3.05) is 0 Å². The average molecular weight is 379 g/mol. The molecule has 0 spiro atoms. The summed E-state index contributed by atoms with van der Waals surface area (Å²) >= 11 is 1.42. The summed E-state index contributed by atoms with van der Waals surface area (Å²) in [6, 6.07) is 19.0. The lowest BCUT2D eigenvalue weighted by molar-refractivity contribution is 0.205. The summed E-state index contributed by atoms with van der Waals surface area (Å²) < 4.78 is 7.48. The summed E-state index contributed by atoms with van der Waals surface area (Å²) in [7, 11) is 1.83. The van der Waals surface area contributed by atoms with Crippen molar-refractivity contribution in [3.63, 3.8) is 0 Å². The quantitative estimate of drug-likeness (QED) is 0.514. The number of rotatable bonds is 6. The minimum atomic E-state index is -0.828. The zero-order chi connectivity index (χ0) is 18.6. The lowest BCUT2D eigenvalue weighted by Crippen LogP contribution is -2.07. The number of aliphatic hydroxyl groups excluding tert-OH is 1. The summed E-state index contributed by atoms with van der Waals surface area (Å²) in [6.45, 7) is 0. The zero-order valence-corrected chi connectivity index (χ0v) is 15.4. The van der Waals surface area contributed by atoms with Crippen LogP contribution >= 0.6 is 11.8 Å². The molecule has 8 heteroatoms. The van der Waals surface area contributed by atoms with Gasteiger partial charge in [0.2, 0.25) is 11.8 Å². The van der Waals surface area contributed by atoms with Crippen molar-refractivity contribution in [3.05, 3.63) is 77.9 Å². The van der Waals surface area contributed by atoms with E-state index in [4.69, 9.17) is 4.42 Å². The van der Waals surface area contributed by atoms with Gasteiger partial charge in [-0.05, 0) is 17.7 Å². The van der Waals surface area contributed by atoms with Crippen LogP contribution in [0.2, 0.25) is 0 Å². The molecule has 0 fully saturated rings. The molecule has 2 heterocycles. The molecule has 0 bridgehead atoms. The van der Waals surface area contributed by atoms with Crippen LogP contribution in [0.1, 0.15) is 23.4 Å². The van der Waals surface area contributed by atoms with Gasteiger partial charge in [0.1, 0.15) is 6.10 Å². The second-order valence-electron chi connectivity index (χ2n) is 5.87. The predicted octanol–water partition coefficient (Wildman–Crippen LogP) is 3.24. The summed E-state index contributed by atoms with van der Waals surface area (Å²) in [6.07, 6.45) is -0.828. The molecule has 27 heavy (non-hydrogen) atoms.